The van der Waals surface area contributed by atoms with Gasteiger partial charge in [0, 0.05) is 23.3 Å². The van der Waals surface area contributed by atoms with Crippen LogP contribution >= 0.6 is 23.2 Å². The number of Topliss-reactive ketones (excluding diaryl/α,β-unsaturated/α-hetero) is 1. The number of amides is 3. The predicted molar refractivity (Wildman–Crippen MR) is 158 cm³/mol. The Morgan fingerprint density at radius 3 is 2.16 bits per heavy atom. The van der Waals surface area contributed by atoms with Crippen molar-refractivity contribution in [3.63, 3.8) is 0 Å². The molecule has 0 radical (unpaired) electrons. The summed E-state index contributed by atoms with van der Waals surface area (Å²) in [6.45, 7) is 1.22. The third-order valence-electron chi connectivity index (χ3n) is 7.44. The molecule has 0 saturated carbocycles. The lowest BCUT2D eigenvalue weighted by Crippen LogP contribution is -2.52. The molecule has 2 aliphatic rings. The largest absolute Gasteiger partial charge is 0.423 e. The van der Waals surface area contributed by atoms with Crippen molar-refractivity contribution in [2.24, 2.45) is 11.8 Å². The van der Waals surface area contributed by atoms with Crippen molar-refractivity contribution in [2.75, 3.05) is 6.54 Å². The van der Waals surface area contributed by atoms with E-state index in [-0.39, 0.29) is 38.2 Å². The van der Waals surface area contributed by atoms with Gasteiger partial charge in [0.25, 0.3) is 23.4 Å². The molecule has 224 valence electrons. The van der Waals surface area contributed by atoms with Crippen LogP contribution in [-0.2, 0) is 9.59 Å². The van der Waals surface area contributed by atoms with Gasteiger partial charge in [-0.3, -0.25) is 29.3 Å². The van der Waals surface area contributed by atoms with Gasteiger partial charge in [-0.2, -0.15) is 5.01 Å². The van der Waals surface area contributed by atoms with Gasteiger partial charge in [-0.1, -0.05) is 34.9 Å². The first-order valence-electron chi connectivity index (χ1n) is 13.3. The summed E-state index contributed by atoms with van der Waals surface area (Å²) in [6, 6.07) is 14.4. The first-order valence-corrected chi connectivity index (χ1v) is 14.1. The number of hydrazine groups is 1. The highest BCUT2D eigenvalue weighted by Crippen LogP contribution is 2.39. The molecule has 1 aliphatic heterocycles. The highest BCUT2D eigenvalue weighted by Gasteiger charge is 2.51. The molecular formula is C31H23Cl2N3O8. The van der Waals surface area contributed by atoms with Crippen LogP contribution in [0.3, 0.4) is 0 Å². The lowest BCUT2D eigenvalue weighted by molar-refractivity contribution is -0.384. The van der Waals surface area contributed by atoms with Crippen LogP contribution in [0.5, 0.6) is 5.75 Å². The van der Waals surface area contributed by atoms with Gasteiger partial charge < -0.3 is 4.74 Å². The summed E-state index contributed by atoms with van der Waals surface area (Å²) in [5, 5.41) is 12.7. The lowest BCUT2D eigenvalue weighted by atomic mass is 9.82. The molecule has 1 heterocycles. The normalized spacial score (nSPS) is 17.5. The molecule has 44 heavy (non-hydrogen) atoms. The van der Waals surface area contributed by atoms with Gasteiger partial charge in [0.05, 0.1) is 32.4 Å². The molecule has 1 aliphatic carbocycles. The summed E-state index contributed by atoms with van der Waals surface area (Å²) in [7, 11) is 0. The van der Waals surface area contributed by atoms with Crippen LogP contribution in [0.2, 0.25) is 10.0 Å². The number of hydrogen-bond acceptors (Lipinski definition) is 8. The molecule has 3 aromatic rings. The first-order chi connectivity index (χ1) is 20.9. The lowest BCUT2D eigenvalue weighted by Gasteiger charge is -2.30. The molecule has 0 unspecified atom stereocenters. The Morgan fingerprint density at radius 2 is 1.52 bits per heavy atom. The average molecular weight is 636 g/mol. The van der Waals surface area contributed by atoms with Gasteiger partial charge in [0.15, 0.2) is 5.78 Å². The smallest absolute Gasteiger partial charge is 0.343 e. The summed E-state index contributed by atoms with van der Waals surface area (Å²) < 4.78 is 5.30. The van der Waals surface area contributed by atoms with E-state index in [1.807, 2.05) is 13.0 Å². The zero-order valence-corrected chi connectivity index (χ0v) is 24.6. The number of ether oxygens (including phenoxy) is 1. The number of fused-ring (bicyclic) bond motifs is 1. The van der Waals surface area contributed by atoms with Crippen LogP contribution in [0.25, 0.3) is 0 Å². The minimum Gasteiger partial charge on any atom is -0.423 e. The number of imide groups is 1. The molecule has 1 saturated heterocycles. The van der Waals surface area contributed by atoms with Crippen molar-refractivity contribution >= 4 is 58.4 Å². The summed E-state index contributed by atoms with van der Waals surface area (Å²) in [5.41, 5.74) is 0.991. The number of halogens is 2. The Balaban J connectivity index is 1.36. The molecule has 0 aromatic heterocycles. The molecule has 13 heteroatoms. The quantitative estimate of drug-likeness (QED) is 0.0583. The van der Waals surface area contributed by atoms with E-state index in [2.05, 4.69) is 0 Å². The number of ketones is 1. The van der Waals surface area contributed by atoms with E-state index < -0.39 is 52.8 Å². The Labute approximate surface area is 260 Å². The number of carbonyl (C=O) groups is 5. The minimum atomic E-state index is -0.796. The fourth-order valence-corrected chi connectivity index (χ4v) is 5.39. The third-order valence-corrected chi connectivity index (χ3v) is 8.18. The Morgan fingerprint density at radius 1 is 0.909 bits per heavy atom. The molecule has 0 spiro atoms. The number of carbonyl (C=O) groups excluding carboxylic acids is 5. The standard InChI is InChI=1S/C31H23Cl2N3O8/c1-17-2-12-23-24(14-17)30(40)35(29(23)39)34(28(38)20-7-13-25(32)26(33)15-20)16-27(37)18-5-10-22(11-6-18)44-31(41)19-3-8-21(9-4-19)36(42)43/h2-11,13,15,23-24H,12,14,16H2,1H3/t23-,24+/m1/s1. The molecular weight excluding hydrogens is 613 g/mol. The van der Waals surface area contributed by atoms with Gasteiger partial charge in [0.2, 0.25) is 0 Å². The number of hydrogen-bond donors (Lipinski definition) is 0. The minimum absolute atomic E-state index is 0.0190. The van der Waals surface area contributed by atoms with Crippen LogP contribution < -0.4 is 4.74 Å². The van der Waals surface area contributed by atoms with Crippen LogP contribution in [0.4, 0.5) is 5.69 Å². The van der Waals surface area contributed by atoms with E-state index in [1.54, 1.807) is 0 Å². The van der Waals surface area contributed by atoms with Gasteiger partial charge >= 0.3 is 5.97 Å². The number of esters is 1. The molecule has 3 amide bonds. The van der Waals surface area contributed by atoms with E-state index in [1.165, 1.54) is 66.7 Å². The van der Waals surface area contributed by atoms with Gasteiger partial charge in [-0.05, 0) is 74.4 Å². The van der Waals surface area contributed by atoms with Crippen molar-refractivity contribution < 1.29 is 33.6 Å². The number of non-ortho nitro benzene ring substituents is 1. The van der Waals surface area contributed by atoms with E-state index in [0.29, 0.717) is 12.8 Å². The Kier molecular flexibility index (Phi) is 8.61. The average Bonchev–Trinajstić information content (AvgIpc) is 3.25. The van der Waals surface area contributed by atoms with Crippen LogP contribution in [0.1, 0.15) is 50.8 Å². The summed E-state index contributed by atoms with van der Waals surface area (Å²) in [4.78, 5) is 76.7. The van der Waals surface area contributed by atoms with E-state index in [0.717, 1.165) is 15.6 Å². The number of nitro benzene ring substituents is 1. The van der Waals surface area contributed by atoms with Crippen LogP contribution in [-0.4, -0.2) is 51.0 Å². The zero-order valence-electron chi connectivity index (χ0n) is 23.1. The predicted octanol–water partition coefficient (Wildman–Crippen LogP) is 5.70. The molecule has 1 fully saturated rings. The first kappa shape index (κ1) is 30.6. The highest BCUT2D eigenvalue weighted by atomic mass is 35.5. The van der Waals surface area contributed by atoms with Crippen molar-refractivity contribution in [3.05, 3.63) is 115 Å². The zero-order chi connectivity index (χ0) is 31.7. The van der Waals surface area contributed by atoms with Gasteiger partial charge in [-0.15, -0.1) is 0 Å². The number of benzene rings is 3. The Bertz CT molecular complexity index is 1740. The molecule has 5 rings (SSSR count). The van der Waals surface area contributed by atoms with Crippen molar-refractivity contribution in [1.29, 1.82) is 0 Å². The van der Waals surface area contributed by atoms with E-state index in [9.17, 15) is 34.1 Å². The van der Waals surface area contributed by atoms with Crippen molar-refractivity contribution in [3.8, 4) is 5.75 Å². The monoisotopic (exact) mass is 635 g/mol. The second-order valence-electron chi connectivity index (χ2n) is 10.3. The second kappa shape index (κ2) is 12.4. The fraction of sp³-hybridized carbons (Fsp3) is 0.194. The third kappa shape index (κ3) is 6.10. The van der Waals surface area contributed by atoms with Crippen molar-refractivity contribution in [2.45, 2.75) is 19.8 Å². The maximum Gasteiger partial charge on any atom is 0.343 e. The number of nitro groups is 1. The molecule has 0 bridgehead atoms. The maximum absolute atomic E-state index is 13.7. The number of rotatable bonds is 8. The van der Waals surface area contributed by atoms with Crippen LogP contribution in [0, 0.1) is 22.0 Å². The van der Waals surface area contributed by atoms with E-state index >= 15 is 0 Å². The molecule has 0 N–H and O–H groups in total. The maximum atomic E-state index is 13.7. The molecule has 2 atom stereocenters. The SMILES string of the molecule is CC1=CC[C@H]2C(=O)N(N(CC(=O)c3ccc(OC(=O)c4ccc([N+](=O)[O-])cc4)cc3)C(=O)c3ccc(Cl)c(Cl)c3)C(=O)[C@H]2C1. The summed E-state index contributed by atoms with van der Waals surface area (Å²) >= 11 is 12.1. The van der Waals surface area contributed by atoms with Gasteiger partial charge in [0.1, 0.15) is 12.3 Å². The van der Waals surface area contributed by atoms with Crippen LogP contribution in [0.15, 0.2) is 78.4 Å². The van der Waals surface area contributed by atoms with Gasteiger partial charge in [-0.25, -0.2) is 9.80 Å². The topological polar surface area (TPSA) is 144 Å². The fourth-order valence-electron chi connectivity index (χ4n) is 5.09. The number of nitrogens with zero attached hydrogens (tertiary/aromatic N) is 3. The van der Waals surface area contributed by atoms with Crippen molar-refractivity contribution in [1.82, 2.24) is 10.0 Å². The molecule has 3 aromatic carbocycles. The summed E-state index contributed by atoms with van der Waals surface area (Å²) in [6.07, 6.45) is 2.61. The Hall–Kier alpha value is -4.87. The highest BCUT2D eigenvalue weighted by molar-refractivity contribution is 6.42. The summed E-state index contributed by atoms with van der Waals surface area (Å²) in [5.74, 6) is -4.50. The number of allylic oxidation sites excluding steroid dienone is 2. The molecule has 11 nitrogen and oxygen atoms in total. The van der Waals surface area contributed by atoms with E-state index in [4.69, 9.17) is 27.9 Å². The second-order valence-corrected chi connectivity index (χ2v) is 11.1.